The third-order valence-electron chi connectivity index (χ3n) is 5.57. The van der Waals surface area contributed by atoms with E-state index >= 15 is 0 Å². The van der Waals surface area contributed by atoms with Crippen molar-refractivity contribution in [1.82, 2.24) is 0 Å². The van der Waals surface area contributed by atoms with Crippen molar-refractivity contribution >= 4 is 5.97 Å². The molecule has 0 unspecified atom stereocenters. The molecule has 0 fully saturated rings. The predicted molar refractivity (Wildman–Crippen MR) is 129 cm³/mol. The van der Waals surface area contributed by atoms with Crippen LogP contribution in [0.25, 0.3) is 0 Å². The van der Waals surface area contributed by atoms with Gasteiger partial charge in [-0.3, -0.25) is 4.79 Å². The van der Waals surface area contributed by atoms with E-state index < -0.39 is 5.97 Å². The summed E-state index contributed by atoms with van der Waals surface area (Å²) in [7, 11) is 0. The Morgan fingerprint density at radius 1 is 0.552 bits per heavy atom. The molecule has 0 aromatic rings. The first-order valence-electron chi connectivity index (χ1n) is 12.8. The van der Waals surface area contributed by atoms with Gasteiger partial charge >= 0.3 is 5.97 Å². The maximum absolute atomic E-state index is 10.4. The Balaban J connectivity index is 3.08. The van der Waals surface area contributed by atoms with E-state index in [1.54, 1.807) is 0 Å². The molecule has 2 nitrogen and oxygen atoms in total. The van der Waals surface area contributed by atoms with Gasteiger partial charge < -0.3 is 5.11 Å². The van der Waals surface area contributed by atoms with E-state index in [1.807, 2.05) is 0 Å². The minimum Gasteiger partial charge on any atom is -0.481 e. The summed E-state index contributed by atoms with van der Waals surface area (Å²) in [5.74, 6) is -0.653. The molecule has 0 heterocycles. The molecule has 1 N–H and O–H groups in total. The van der Waals surface area contributed by atoms with Crippen molar-refractivity contribution in [3.63, 3.8) is 0 Å². The summed E-state index contributed by atoms with van der Waals surface area (Å²) in [6.45, 7) is 2.22. The minimum absolute atomic E-state index is 0.342. The summed E-state index contributed by atoms with van der Waals surface area (Å²) in [6, 6.07) is 0. The molecule has 0 aromatic heterocycles. The molecular weight excluding hydrogens is 356 g/mol. The van der Waals surface area contributed by atoms with Crippen LogP contribution in [0.1, 0.15) is 142 Å². The molecule has 0 rings (SSSR count). The van der Waals surface area contributed by atoms with Crippen molar-refractivity contribution in [2.75, 3.05) is 0 Å². The summed E-state index contributed by atoms with van der Waals surface area (Å²) in [6.07, 6.45) is 35.6. The molecule has 0 aliphatic rings. The zero-order valence-electron chi connectivity index (χ0n) is 19.5. The number of hydrogen-bond acceptors (Lipinski definition) is 1. The highest BCUT2D eigenvalue weighted by Gasteiger charge is 1.97. The number of unbranched alkanes of at least 4 members (excludes halogenated alkanes) is 17. The summed E-state index contributed by atoms with van der Waals surface area (Å²) in [4.78, 5) is 10.4. The lowest BCUT2D eigenvalue weighted by Gasteiger charge is -2.03. The molecule has 0 radical (unpaired) electrons. The van der Waals surface area contributed by atoms with Crippen molar-refractivity contribution in [3.8, 4) is 0 Å². The van der Waals surface area contributed by atoms with Crippen molar-refractivity contribution in [1.29, 1.82) is 0 Å². The van der Waals surface area contributed by atoms with Crippen LogP contribution in [0.2, 0.25) is 0 Å². The Morgan fingerprint density at radius 3 is 1.34 bits per heavy atom. The summed E-state index contributed by atoms with van der Waals surface area (Å²) >= 11 is 0. The molecule has 2 heteroatoms. The average molecular weight is 407 g/mol. The first-order chi connectivity index (χ1) is 14.3. The van der Waals surface area contributed by atoms with Crippen LogP contribution in [-0.2, 0) is 4.79 Å². The smallest absolute Gasteiger partial charge is 0.303 e. The average Bonchev–Trinajstić information content (AvgIpc) is 2.71. The van der Waals surface area contributed by atoms with Crippen LogP contribution >= 0.6 is 0 Å². The van der Waals surface area contributed by atoms with Crippen molar-refractivity contribution in [2.45, 2.75) is 142 Å². The highest BCUT2D eigenvalue weighted by molar-refractivity contribution is 5.66. The largest absolute Gasteiger partial charge is 0.481 e. The zero-order chi connectivity index (χ0) is 21.3. The molecule has 0 amide bonds. The van der Waals surface area contributed by atoms with E-state index in [-0.39, 0.29) is 0 Å². The Bertz CT molecular complexity index is 384. The molecule has 0 aliphatic carbocycles. The SMILES string of the molecule is CCCC=CCC=CCCCCCCCCCCCCCCCCCCC(=O)O. The standard InChI is InChI=1S/C27H50O2/c1-2-3-4-5-6-7-8-9-10-11-12-13-14-15-16-17-18-19-20-21-22-23-24-25-26-27(28)29/h4-5,7-8H,2-3,6,9-26H2,1H3,(H,28,29). The fraction of sp³-hybridized carbons (Fsp3) is 0.815. The highest BCUT2D eigenvalue weighted by Crippen LogP contribution is 2.14. The molecular formula is C27H50O2. The van der Waals surface area contributed by atoms with Gasteiger partial charge in [-0.15, -0.1) is 0 Å². The first kappa shape index (κ1) is 27.9. The molecule has 0 saturated carbocycles. The zero-order valence-corrected chi connectivity index (χ0v) is 19.5. The van der Waals surface area contributed by atoms with Gasteiger partial charge in [-0.25, -0.2) is 0 Å². The second-order valence-corrected chi connectivity index (χ2v) is 8.56. The van der Waals surface area contributed by atoms with Gasteiger partial charge in [0, 0.05) is 6.42 Å². The molecule has 0 atom stereocenters. The van der Waals surface area contributed by atoms with Gasteiger partial charge in [-0.2, -0.15) is 0 Å². The van der Waals surface area contributed by atoms with Gasteiger partial charge in [0.2, 0.25) is 0 Å². The maximum atomic E-state index is 10.4. The van der Waals surface area contributed by atoms with Crippen LogP contribution in [-0.4, -0.2) is 11.1 Å². The Hall–Kier alpha value is -1.05. The van der Waals surface area contributed by atoms with E-state index in [1.165, 1.54) is 109 Å². The second-order valence-electron chi connectivity index (χ2n) is 8.56. The molecule has 0 spiro atoms. The number of carbonyl (C=O) groups is 1. The third kappa shape index (κ3) is 26.9. The van der Waals surface area contributed by atoms with E-state index in [0.717, 1.165) is 19.3 Å². The molecule has 0 aromatic carbocycles. The molecule has 0 aliphatic heterocycles. The number of hydrogen-bond donors (Lipinski definition) is 1. The summed E-state index contributed by atoms with van der Waals surface area (Å²) in [5.41, 5.74) is 0. The molecule has 0 saturated heterocycles. The van der Waals surface area contributed by atoms with Gasteiger partial charge in [0.05, 0.1) is 0 Å². The van der Waals surface area contributed by atoms with Crippen LogP contribution in [0.4, 0.5) is 0 Å². The van der Waals surface area contributed by atoms with Crippen molar-refractivity contribution in [2.24, 2.45) is 0 Å². The maximum Gasteiger partial charge on any atom is 0.303 e. The van der Waals surface area contributed by atoms with Crippen LogP contribution in [0.3, 0.4) is 0 Å². The fourth-order valence-corrected chi connectivity index (χ4v) is 3.69. The van der Waals surface area contributed by atoms with E-state index in [2.05, 4.69) is 31.2 Å². The normalized spacial score (nSPS) is 11.8. The van der Waals surface area contributed by atoms with Crippen LogP contribution in [0.15, 0.2) is 24.3 Å². The molecule has 29 heavy (non-hydrogen) atoms. The van der Waals surface area contributed by atoms with Gasteiger partial charge in [0.1, 0.15) is 0 Å². The lowest BCUT2D eigenvalue weighted by Crippen LogP contribution is -1.93. The van der Waals surface area contributed by atoms with Crippen LogP contribution in [0.5, 0.6) is 0 Å². The Kier molecular flexibility index (Phi) is 24.1. The number of aliphatic carboxylic acids is 1. The molecule has 0 bridgehead atoms. The topological polar surface area (TPSA) is 37.3 Å². The monoisotopic (exact) mass is 406 g/mol. The number of carboxylic acid groups (broad SMARTS) is 1. The molecule has 170 valence electrons. The number of rotatable bonds is 23. The fourth-order valence-electron chi connectivity index (χ4n) is 3.69. The minimum atomic E-state index is -0.653. The predicted octanol–water partition coefficient (Wildman–Crippen LogP) is 9.40. The van der Waals surface area contributed by atoms with Gasteiger partial charge in [0.25, 0.3) is 0 Å². The first-order valence-corrected chi connectivity index (χ1v) is 12.8. The highest BCUT2D eigenvalue weighted by atomic mass is 16.4. The Labute approximate surface area is 182 Å². The van der Waals surface area contributed by atoms with Crippen molar-refractivity contribution in [3.05, 3.63) is 24.3 Å². The lowest BCUT2D eigenvalue weighted by molar-refractivity contribution is -0.137. The van der Waals surface area contributed by atoms with Crippen LogP contribution < -0.4 is 0 Å². The van der Waals surface area contributed by atoms with E-state index in [9.17, 15) is 4.79 Å². The third-order valence-corrected chi connectivity index (χ3v) is 5.57. The summed E-state index contributed by atoms with van der Waals surface area (Å²) in [5, 5.41) is 8.59. The van der Waals surface area contributed by atoms with E-state index in [4.69, 9.17) is 5.11 Å². The van der Waals surface area contributed by atoms with Gasteiger partial charge in [-0.05, 0) is 32.1 Å². The van der Waals surface area contributed by atoms with Crippen molar-refractivity contribution < 1.29 is 9.90 Å². The lowest BCUT2D eigenvalue weighted by atomic mass is 10.0. The second kappa shape index (κ2) is 25.0. The van der Waals surface area contributed by atoms with Crippen LogP contribution in [0, 0.1) is 0 Å². The van der Waals surface area contributed by atoms with E-state index in [0.29, 0.717) is 6.42 Å². The van der Waals surface area contributed by atoms with Gasteiger partial charge in [0.15, 0.2) is 0 Å². The number of carboxylic acids is 1. The quantitative estimate of drug-likeness (QED) is 0.135. The Morgan fingerprint density at radius 2 is 0.931 bits per heavy atom. The van der Waals surface area contributed by atoms with Gasteiger partial charge in [-0.1, -0.05) is 128 Å². The number of allylic oxidation sites excluding steroid dienone is 4. The summed E-state index contributed by atoms with van der Waals surface area (Å²) < 4.78 is 0.